The van der Waals surface area contributed by atoms with E-state index in [9.17, 15) is 9.59 Å². The monoisotopic (exact) mass is 153 g/mol. The lowest BCUT2D eigenvalue weighted by molar-refractivity contribution is 0.0957. The van der Waals surface area contributed by atoms with Gasteiger partial charge in [0.15, 0.2) is 0 Å². The summed E-state index contributed by atoms with van der Waals surface area (Å²) in [6, 6.07) is 1.19. The van der Waals surface area contributed by atoms with Crippen molar-refractivity contribution in [1.29, 1.82) is 0 Å². The van der Waals surface area contributed by atoms with Crippen LogP contribution >= 0.6 is 0 Å². The van der Waals surface area contributed by atoms with Crippen LogP contribution in [0.15, 0.2) is 17.1 Å². The summed E-state index contributed by atoms with van der Waals surface area (Å²) in [5, 5.41) is 8.21. The van der Waals surface area contributed by atoms with E-state index in [2.05, 4.69) is 15.5 Å². The molecule has 1 amide bonds. The fraction of sp³-hybridized carbons (Fsp3) is 0.167. The average molecular weight is 153 g/mol. The van der Waals surface area contributed by atoms with Gasteiger partial charge in [0.05, 0.1) is 6.20 Å². The lowest BCUT2D eigenvalue weighted by Gasteiger charge is -1.95. The first-order valence-corrected chi connectivity index (χ1v) is 3.01. The number of hydrogen-bond acceptors (Lipinski definition) is 3. The van der Waals surface area contributed by atoms with Gasteiger partial charge >= 0.3 is 0 Å². The molecule has 0 bridgehead atoms. The van der Waals surface area contributed by atoms with Gasteiger partial charge in [-0.15, -0.1) is 0 Å². The van der Waals surface area contributed by atoms with Crippen LogP contribution in [-0.2, 0) is 0 Å². The maximum Gasteiger partial charge on any atom is 0.269 e. The minimum atomic E-state index is -0.352. The van der Waals surface area contributed by atoms with Crippen LogP contribution in [0.5, 0.6) is 0 Å². The number of carbonyl (C=O) groups excluding carboxylic acids is 1. The fourth-order valence-corrected chi connectivity index (χ4v) is 0.628. The van der Waals surface area contributed by atoms with Crippen molar-refractivity contribution in [2.75, 3.05) is 7.05 Å². The Bertz CT molecular complexity index is 318. The highest BCUT2D eigenvalue weighted by molar-refractivity contribution is 5.91. The van der Waals surface area contributed by atoms with E-state index in [0.717, 1.165) is 6.20 Å². The fourth-order valence-electron chi connectivity index (χ4n) is 0.628. The van der Waals surface area contributed by atoms with Crippen LogP contribution in [0.3, 0.4) is 0 Å². The Balaban J connectivity index is 3.05. The highest BCUT2D eigenvalue weighted by Gasteiger charge is 2.02. The Morgan fingerprint density at radius 3 is 3.00 bits per heavy atom. The molecule has 0 unspecified atom stereocenters. The SMILES string of the molecule is CNC(=O)c1cc(=O)cn[nH]1. The van der Waals surface area contributed by atoms with Gasteiger partial charge < -0.3 is 5.32 Å². The lowest BCUT2D eigenvalue weighted by Crippen LogP contribution is -2.21. The molecule has 1 rings (SSSR count). The molecule has 1 heterocycles. The number of carbonyl (C=O) groups is 1. The number of aromatic amines is 1. The predicted molar refractivity (Wildman–Crippen MR) is 38.2 cm³/mol. The second kappa shape index (κ2) is 2.96. The molecule has 0 saturated heterocycles. The molecule has 5 heteroatoms. The van der Waals surface area contributed by atoms with Gasteiger partial charge in [0.2, 0.25) is 5.43 Å². The quantitative estimate of drug-likeness (QED) is 0.550. The van der Waals surface area contributed by atoms with E-state index in [0.29, 0.717) is 0 Å². The van der Waals surface area contributed by atoms with Crippen LogP contribution in [-0.4, -0.2) is 23.2 Å². The minimum absolute atomic E-state index is 0.167. The first kappa shape index (κ1) is 7.46. The minimum Gasteiger partial charge on any atom is -0.354 e. The van der Waals surface area contributed by atoms with Crippen LogP contribution in [0.4, 0.5) is 0 Å². The Hall–Kier alpha value is -1.65. The van der Waals surface area contributed by atoms with Gasteiger partial charge in [-0.3, -0.25) is 14.7 Å². The summed E-state index contributed by atoms with van der Waals surface area (Å²) in [6.07, 6.45) is 1.10. The first-order valence-electron chi connectivity index (χ1n) is 3.01. The van der Waals surface area contributed by atoms with E-state index in [4.69, 9.17) is 0 Å². The topological polar surface area (TPSA) is 74.8 Å². The van der Waals surface area contributed by atoms with Crippen molar-refractivity contribution in [2.24, 2.45) is 0 Å². The predicted octanol–water partition coefficient (Wildman–Crippen LogP) is -0.871. The summed E-state index contributed by atoms with van der Waals surface area (Å²) in [4.78, 5) is 21.5. The van der Waals surface area contributed by atoms with Crippen molar-refractivity contribution in [3.8, 4) is 0 Å². The van der Waals surface area contributed by atoms with Crippen LogP contribution in [0.25, 0.3) is 0 Å². The molecular formula is C6H7N3O2. The highest BCUT2D eigenvalue weighted by atomic mass is 16.2. The Morgan fingerprint density at radius 2 is 2.45 bits per heavy atom. The standard InChI is InChI=1S/C6H7N3O2/c1-7-6(11)5-2-4(10)3-8-9-5/h2-3H,1H3,(H,7,11)(H,9,10). The molecule has 5 nitrogen and oxygen atoms in total. The molecule has 2 N–H and O–H groups in total. The van der Waals surface area contributed by atoms with Crippen molar-refractivity contribution in [2.45, 2.75) is 0 Å². The Morgan fingerprint density at radius 1 is 1.73 bits per heavy atom. The second-order valence-corrected chi connectivity index (χ2v) is 1.91. The van der Waals surface area contributed by atoms with E-state index in [1.165, 1.54) is 13.1 Å². The van der Waals surface area contributed by atoms with Gasteiger partial charge in [-0.2, -0.15) is 5.10 Å². The molecule has 0 atom stereocenters. The number of hydrogen-bond donors (Lipinski definition) is 2. The first-order chi connectivity index (χ1) is 5.24. The van der Waals surface area contributed by atoms with Gasteiger partial charge in [-0.05, 0) is 0 Å². The van der Waals surface area contributed by atoms with Crippen molar-refractivity contribution in [3.63, 3.8) is 0 Å². The number of rotatable bonds is 1. The molecule has 11 heavy (non-hydrogen) atoms. The smallest absolute Gasteiger partial charge is 0.269 e. The van der Waals surface area contributed by atoms with Crippen molar-refractivity contribution < 1.29 is 4.79 Å². The third-order valence-electron chi connectivity index (χ3n) is 1.14. The summed E-state index contributed by atoms with van der Waals surface area (Å²) in [6.45, 7) is 0. The molecule has 0 radical (unpaired) electrons. The van der Waals surface area contributed by atoms with Crippen LogP contribution in [0.2, 0.25) is 0 Å². The molecule has 0 fully saturated rings. The van der Waals surface area contributed by atoms with Gasteiger partial charge in [0.1, 0.15) is 5.69 Å². The second-order valence-electron chi connectivity index (χ2n) is 1.91. The highest BCUT2D eigenvalue weighted by Crippen LogP contribution is 1.83. The third kappa shape index (κ3) is 1.64. The molecule has 0 aliphatic carbocycles. The number of H-pyrrole nitrogens is 1. The summed E-state index contributed by atoms with van der Waals surface area (Å²) in [7, 11) is 1.48. The summed E-state index contributed by atoms with van der Waals surface area (Å²) < 4.78 is 0. The molecule has 0 aliphatic rings. The van der Waals surface area contributed by atoms with E-state index in [1.54, 1.807) is 0 Å². The molecule has 0 aromatic carbocycles. The van der Waals surface area contributed by atoms with Crippen LogP contribution in [0.1, 0.15) is 10.5 Å². The maximum absolute atomic E-state index is 10.8. The molecule has 1 aromatic heterocycles. The van der Waals surface area contributed by atoms with Crippen LogP contribution < -0.4 is 10.7 Å². The summed E-state index contributed by atoms with van der Waals surface area (Å²) in [5.41, 5.74) is -0.123. The zero-order chi connectivity index (χ0) is 8.27. The third-order valence-corrected chi connectivity index (χ3v) is 1.14. The Labute approximate surface area is 62.4 Å². The van der Waals surface area contributed by atoms with Gasteiger partial charge in [-0.25, -0.2) is 0 Å². The normalized spacial score (nSPS) is 9.18. The molecule has 0 spiro atoms. The van der Waals surface area contributed by atoms with E-state index in [1.807, 2.05) is 0 Å². The van der Waals surface area contributed by atoms with Crippen molar-refractivity contribution >= 4 is 5.91 Å². The van der Waals surface area contributed by atoms with Crippen LogP contribution in [0, 0.1) is 0 Å². The molecule has 0 saturated carbocycles. The van der Waals surface area contributed by atoms with Crippen molar-refractivity contribution in [3.05, 3.63) is 28.2 Å². The zero-order valence-corrected chi connectivity index (χ0v) is 5.92. The lowest BCUT2D eigenvalue weighted by atomic mass is 10.4. The number of aromatic nitrogens is 2. The largest absolute Gasteiger partial charge is 0.354 e. The summed E-state index contributed by atoms with van der Waals surface area (Å²) in [5.74, 6) is -0.352. The number of nitrogens with one attached hydrogen (secondary N) is 2. The maximum atomic E-state index is 10.8. The summed E-state index contributed by atoms with van der Waals surface area (Å²) >= 11 is 0. The van der Waals surface area contributed by atoms with Gasteiger partial charge in [0, 0.05) is 13.1 Å². The average Bonchev–Trinajstić information content (AvgIpc) is 2.03. The number of amides is 1. The zero-order valence-electron chi connectivity index (χ0n) is 5.92. The van der Waals surface area contributed by atoms with E-state index < -0.39 is 0 Å². The molecule has 58 valence electrons. The molecular weight excluding hydrogens is 146 g/mol. The van der Waals surface area contributed by atoms with Crippen molar-refractivity contribution in [1.82, 2.24) is 15.5 Å². The molecule has 1 aromatic rings. The van der Waals surface area contributed by atoms with Gasteiger partial charge in [-0.1, -0.05) is 0 Å². The van der Waals surface area contributed by atoms with Gasteiger partial charge in [0.25, 0.3) is 5.91 Å². The number of nitrogens with zero attached hydrogens (tertiary/aromatic N) is 1. The Kier molecular flexibility index (Phi) is 2.00. The van der Waals surface area contributed by atoms with E-state index in [-0.39, 0.29) is 17.0 Å². The molecule has 0 aliphatic heterocycles. The van der Waals surface area contributed by atoms with E-state index >= 15 is 0 Å².